The Morgan fingerprint density at radius 3 is 2.69 bits per heavy atom. The van der Waals surface area contributed by atoms with Crippen LogP contribution in [-0.2, 0) is 9.53 Å². The maximum absolute atomic E-state index is 11.2. The molecule has 0 aliphatic heterocycles. The van der Waals surface area contributed by atoms with E-state index in [0.29, 0.717) is 12.1 Å². The topological polar surface area (TPSA) is 38.3 Å². The largest absolute Gasteiger partial charge is 0.466 e. The van der Waals surface area contributed by atoms with Gasteiger partial charge in [-0.2, -0.15) is 0 Å². The van der Waals surface area contributed by atoms with Crippen LogP contribution < -0.4 is 5.32 Å². The first-order valence-corrected chi connectivity index (χ1v) is 4.99. The Kier molecular flexibility index (Phi) is 3.31. The second-order valence-electron chi connectivity index (χ2n) is 4.09. The molecule has 0 aromatic heterocycles. The molecule has 1 saturated carbocycles. The van der Waals surface area contributed by atoms with Crippen LogP contribution in [0.1, 0.15) is 33.6 Å². The van der Waals surface area contributed by atoms with E-state index >= 15 is 0 Å². The van der Waals surface area contributed by atoms with Gasteiger partial charge in [0, 0.05) is 12.1 Å². The van der Waals surface area contributed by atoms with Crippen LogP contribution in [0.5, 0.6) is 0 Å². The van der Waals surface area contributed by atoms with E-state index in [9.17, 15) is 4.79 Å². The standard InChI is InChI=1S/C10H19NO2/c1-4-13-9(12)8(2)7-11-10(3)5-6-10/h8,11H,4-7H2,1-3H3. The summed E-state index contributed by atoms with van der Waals surface area (Å²) in [4.78, 5) is 11.2. The van der Waals surface area contributed by atoms with E-state index in [4.69, 9.17) is 4.74 Å². The van der Waals surface area contributed by atoms with Gasteiger partial charge in [-0.25, -0.2) is 0 Å². The molecule has 3 heteroatoms. The van der Waals surface area contributed by atoms with Gasteiger partial charge in [0.15, 0.2) is 0 Å². The Bertz CT molecular complexity index is 187. The van der Waals surface area contributed by atoms with Gasteiger partial charge in [-0.3, -0.25) is 4.79 Å². The predicted octanol–water partition coefficient (Wildman–Crippen LogP) is 1.33. The molecule has 1 rings (SSSR count). The molecule has 0 aromatic rings. The highest BCUT2D eigenvalue weighted by Gasteiger charge is 2.37. The molecular weight excluding hydrogens is 166 g/mol. The zero-order valence-electron chi connectivity index (χ0n) is 8.72. The molecule has 0 heterocycles. The summed E-state index contributed by atoms with van der Waals surface area (Å²) in [5.41, 5.74) is 0.306. The lowest BCUT2D eigenvalue weighted by Crippen LogP contribution is -2.35. The number of rotatable bonds is 5. The first-order valence-electron chi connectivity index (χ1n) is 4.99. The first kappa shape index (κ1) is 10.5. The Balaban J connectivity index is 2.16. The Hall–Kier alpha value is -0.570. The van der Waals surface area contributed by atoms with Crippen LogP contribution >= 0.6 is 0 Å². The average Bonchev–Trinajstić information content (AvgIpc) is 2.81. The van der Waals surface area contributed by atoms with Gasteiger partial charge in [0.1, 0.15) is 0 Å². The van der Waals surface area contributed by atoms with Crippen LogP contribution in [0.25, 0.3) is 0 Å². The zero-order chi connectivity index (χ0) is 9.90. The van der Waals surface area contributed by atoms with Crippen molar-refractivity contribution in [2.75, 3.05) is 13.2 Å². The third-order valence-electron chi connectivity index (χ3n) is 2.52. The highest BCUT2D eigenvalue weighted by atomic mass is 16.5. The first-order chi connectivity index (χ1) is 6.07. The second kappa shape index (κ2) is 4.09. The maximum Gasteiger partial charge on any atom is 0.309 e. The number of carbonyl (C=O) groups is 1. The van der Waals surface area contributed by atoms with Gasteiger partial charge in [0.25, 0.3) is 0 Å². The summed E-state index contributed by atoms with van der Waals surface area (Å²) in [6.45, 7) is 7.12. The lowest BCUT2D eigenvalue weighted by atomic mass is 10.1. The van der Waals surface area contributed by atoms with Gasteiger partial charge in [-0.1, -0.05) is 6.92 Å². The summed E-state index contributed by atoms with van der Waals surface area (Å²) in [7, 11) is 0. The van der Waals surface area contributed by atoms with Gasteiger partial charge < -0.3 is 10.1 Å². The molecule has 3 nitrogen and oxygen atoms in total. The molecule has 0 amide bonds. The van der Waals surface area contributed by atoms with Gasteiger partial charge in [0.2, 0.25) is 0 Å². The summed E-state index contributed by atoms with van der Waals surface area (Å²) in [5.74, 6) is -0.128. The monoisotopic (exact) mass is 185 g/mol. The van der Waals surface area contributed by atoms with Crippen LogP contribution in [0.3, 0.4) is 0 Å². The minimum absolute atomic E-state index is 0.0302. The van der Waals surface area contributed by atoms with Crippen molar-refractivity contribution < 1.29 is 9.53 Å². The number of nitrogens with one attached hydrogen (secondary N) is 1. The SMILES string of the molecule is CCOC(=O)C(C)CNC1(C)CC1. The molecule has 0 saturated heterocycles. The molecule has 1 unspecified atom stereocenters. The minimum atomic E-state index is -0.0979. The van der Waals surface area contributed by atoms with Crippen LogP contribution in [0.2, 0.25) is 0 Å². The van der Waals surface area contributed by atoms with E-state index in [0.717, 1.165) is 6.54 Å². The van der Waals surface area contributed by atoms with Crippen molar-refractivity contribution in [3.8, 4) is 0 Å². The summed E-state index contributed by atoms with van der Waals surface area (Å²) < 4.78 is 4.91. The molecule has 1 aliphatic carbocycles. The Morgan fingerprint density at radius 1 is 1.62 bits per heavy atom. The van der Waals surface area contributed by atoms with Crippen molar-refractivity contribution in [2.45, 2.75) is 39.2 Å². The van der Waals surface area contributed by atoms with Crippen LogP contribution in [0.15, 0.2) is 0 Å². The normalized spacial score (nSPS) is 20.8. The fourth-order valence-corrected chi connectivity index (χ4v) is 1.13. The van der Waals surface area contributed by atoms with Gasteiger partial charge in [-0.05, 0) is 26.7 Å². The van der Waals surface area contributed by atoms with Crippen molar-refractivity contribution in [1.82, 2.24) is 5.32 Å². The molecule has 1 atom stereocenters. The van der Waals surface area contributed by atoms with E-state index in [1.54, 1.807) is 0 Å². The summed E-state index contributed by atoms with van der Waals surface area (Å²) in [6, 6.07) is 0. The van der Waals surface area contributed by atoms with Gasteiger partial charge >= 0.3 is 5.97 Å². The van der Waals surface area contributed by atoms with E-state index in [1.807, 2.05) is 13.8 Å². The van der Waals surface area contributed by atoms with Crippen LogP contribution in [-0.4, -0.2) is 24.7 Å². The van der Waals surface area contributed by atoms with Crippen molar-refractivity contribution >= 4 is 5.97 Å². The van der Waals surface area contributed by atoms with Crippen molar-refractivity contribution in [3.63, 3.8) is 0 Å². The quantitative estimate of drug-likeness (QED) is 0.657. The molecule has 1 fully saturated rings. The van der Waals surface area contributed by atoms with Gasteiger partial charge in [-0.15, -0.1) is 0 Å². The zero-order valence-corrected chi connectivity index (χ0v) is 8.72. The fourth-order valence-electron chi connectivity index (χ4n) is 1.13. The number of hydrogen-bond donors (Lipinski definition) is 1. The predicted molar refractivity (Wildman–Crippen MR) is 51.4 cm³/mol. The summed E-state index contributed by atoms with van der Waals surface area (Å²) >= 11 is 0. The maximum atomic E-state index is 11.2. The average molecular weight is 185 g/mol. The van der Waals surface area contributed by atoms with Crippen molar-refractivity contribution in [1.29, 1.82) is 0 Å². The summed E-state index contributed by atoms with van der Waals surface area (Å²) in [6.07, 6.45) is 2.45. The van der Waals surface area contributed by atoms with E-state index in [-0.39, 0.29) is 11.9 Å². The fraction of sp³-hybridized carbons (Fsp3) is 0.900. The number of esters is 1. The lowest BCUT2D eigenvalue weighted by molar-refractivity contribution is -0.147. The van der Waals surface area contributed by atoms with Gasteiger partial charge in [0.05, 0.1) is 12.5 Å². The van der Waals surface area contributed by atoms with E-state index < -0.39 is 0 Å². The number of carbonyl (C=O) groups excluding carboxylic acids is 1. The molecule has 76 valence electrons. The Morgan fingerprint density at radius 2 is 2.23 bits per heavy atom. The highest BCUT2D eigenvalue weighted by Crippen LogP contribution is 2.34. The minimum Gasteiger partial charge on any atom is -0.466 e. The van der Waals surface area contributed by atoms with E-state index in [2.05, 4.69) is 12.2 Å². The summed E-state index contributed by atoms with van der Waals surface area (Å²) in [5, 5.41) is 3.37. The van der Waals surface area contributed by atoms with Crippen LogP contribution in [0.4, 0.5) is 0 Å². The highest BCUT2D eigenvalue weighted by molar-refractivity contribution is 5.72. The number of ether oxygens (including phenoxy) is 1. The third kappa shape index (κ3) is 3.35. The molecule has 0 spiro atoms. The second-order valence-corrected chi connectivity index (χ2v) is 4.09. The smallest absolute Gasteiger partial charge is 0.309 e. The third-order valence-corrected chi connectivity index (χ3v) is 2.52. The van der Waals surface area contributed by atoms with Crippen LogP contribution in [0, 0.1) is 5.92 Å². The lowest BCUT2D eigenvalue weighted by Gasteiger charge is -2.15. The molecule has 0 aromatic carbocycles. The van der Waals surface area contributed by atoms with Crippen molar-refractivity contribution in [3.05, 3.63) is 0 Å². The van der Waals surface area contributed by atoms with E-state index in [1.165, 1.54) is 12.8 Å². The molecule has 13 heavy (non-hydrogen) atoms. The number of hydrogen-bond acceptors (Lipinski definition) is 3. The molecular formula is C10H19NO2. The molecule has 1 aliphatic rings. The Labute approximate surface area is 79.8 Å². The molecule has 0 radical (unpaired) electrons. The van der Waals surface area contributed by atoms with Crippen molar-refractivity contribution in [2.24, 2.45) is 5.92 Å². The molecule has 0 bridgehead atoms. The molecule has 1 N–H and O–H groups in total.